The van der Waals surface area contributed by atoms with Gasteiger partial charge >= 0.3 is 0 Å². The summed E-state index contributed by atoms with van der Waals surface area (Å²) >= 11 is 2.06. The fourth-order valence-corrected chi connectivity index (χ4v) is 6.16. The van der Waals surface area contributed by atoms with Crippen LogP contribution in [0.15, 0.2) is 23.1 Å². The molecule has 3 aliphatic heterocycles. The summed E-state index contributed by atoms with van der Waals surface area (Å²) in [7, 11) is 1.96. The topological polar surface area (TPSA) is 23.6 Å². The quantitative estimate of drug-likeness (QED) is 0.793. The van der Waals surface area contributed by atoms with Crippen molar-refractivity contribution in [3.05, 3.63) is 23.1 Å². The second kappa shape index (κ2) is 6.29. The van der Waals surface area contributed by atoms with E-state index in [9.17, 15) is 4.79 Å². The zero-order valence-electron chi connectivity index (χ0n) is 14.2. The first kappa shape index (κ1) is 15.8. The summed E-state index contributed by atoms with van der Waals surface area (Å²) in [6.45, 7) is 4.37. The molecule has 1 aliphatic carbocycles. The van der Waals surface area contributed by atoms with Gasteiger partial charge in [-0.25, -0.2) is 0 Å². The lowest BCUT2D eigenvalue weighted by atomic mass is 9.77. The minimum Gasteiger partial charge on any atom is -0.345 e. The summed E-state index contributed by atoms with van der Waals surface area (Å²) in [6, 6.07) is 0. The van der Waals surface area contributed by atoms with Crippen LogP contribution >= 0.6 is 11.8 Å². The number of carbonyl (C=O) groups is 1. The van der Waals surface area contributed by atoms with E-state index >= 15 is 0 Å². The molecule has 2 unspecified atom stereocenters. The van der Waals surface area contributed by atoms with Crippen molar-refractivity contribution in [2.24, 2.45) is 17.3 Å². The maximum absolute atomic E-state index is 12.4. The molecule has 23 heavy (non-hydrogen) atoms. The number of piperidine rings is 1. The highest BCUT2D eigenvalue weighted by Crippen LogP contribution is 2.45. The van der Waals surface area contributed by atoms with Crippen LogP contribution in [0.1, 0.15) is 32.1 Å². The van der Waals surface area contributed by atoms with Crippen molar-refractivity contribution in [2.45, 2.75) is 32.1 Å². The summed E-state index contributed by atoms with van der Waals surface area (Å²) in [5.74, 6) is 3.24. The summed E-state index contributed by atoms with van der Waals surface area (Å²) in [5, 5.41) is 0. The number of thioether (sulfide) groups is 1. The Morgan fingerprint density at radius 1 is 1.26 bits per heavy atom. The maximum atomic E-state index is 12.4. The van der Waals surface area contributed by atoms with Gasteiger partial charge in [0.1, 0.15) is 0 Å². The molecular weight excluding hydrogens is 304 g/mol. The van der Waals surface area contributed by atoms with Crippen molar-refractivity contribution in [2.75, 3.05) is 39.0 Å². The number of amides is 1. The number of likely N-dealkylation sites (tertiary alicyclic amines) is 2. The molecular formula is C19H28N2OS. The summed E-state index contributed by atoms with van der Waals surface area (Å²) in [4.78, 5) is 18.6. The van der Waals surface area contributed by atoms with Crippen molar-refractivity contribution in [3.8, 4) is 0 Å². The number of carbonyl (C=O) groups excluding carboxylic acids is 1. The van der Waals surface area contributed by atoms with Gasteiger partial charge in [-0.05, 0) is 74.2 Å². The van der Waals surface area contributed by atoms with Crippen LogP contribution in [0.5, 0.6) is 0 Å². The monoisotopic (exact) mass is 332 g/mol. The van der Waals surface area contributed by atoms with Crippen molar-refractivity contribution in [3.63, 3.8) is 0 Å². The van der Waals surface area contributed by atoms with Crippen LogP contribution in [-0.2, 0) is 4.79 Å². The minimum absolute atomic E-state index is 0.00596. The van der Waals surface area contributed by atoms with Crippen LogP contribution < -0.4 is 0 Å². The Morgan fingerprint density at radius 3 is 2.78 bits per heavy atom. The molecule has 0 aromatic rings. The Morgan fingerprint density at radius 2 is 2.04 bits per heavy atom. The Hall–Kier alpha value is -0.740. The molecule has 3 fully saturated rings. The molecule has 0 N–H and O–H groups in total. The van der Waals surface area contributed by atoms with Crippen LogP contribution in [0.25, 0.3) is 0 Å². The van der Waals surface area contributed by atoms with Crippen molar-refractivity contribution in [1.82, 2.24) is 9.80 Å². The Kier molecular flexibility index (Phi) is 4.31. The van der Waals surface area contributed by atoms with Gasteiger partial charge in [-0.3, -0.25) is 4.79 Å². The first-order valence-electron chi connectivity index (χ1n) is 9.17. The molecule has 0 aromatic carbocycles. The fourth-order valence-electron chi connectivity index (χ4n) is 4.87. The van der Waals surface area contributed by atoms with E-state index in [4.69, 9.17) is 0 Å². The lowest BCUT2D eigenvalue weighted by Crippen LogP contribution is -2.44. The summed E-state index contributed by atoms with van der Waals surface area (Å²) in [5.41, 5.74) is -0.00596. The molecule has 0 aromatic heterocycles. The van der Waals surface area contributed by atoms with Crippen LogP contribution in [0.3, 0.4) is 0 Å². The molecule has 3 nitrogen and oxygen atoms in total. The van der Waals surface area contributed by atoms with Crippen molar-refractivity contribution in [1.29, 1.82) is 0 Å². The Balaban J connectivity index is 1.28. The van der Waals surface area contributed by atoms with Gasteiger partial charge in [0.25, 0.3) is 0 Å². The molecule has 4 heteroatoms. The normalized spacial score (nSPS) is 33.3. The SMILES string of the molecule is CN1CCC2(CCN(CCC3C=CC=C4SCCC43)CC2)C1=O. The highest BCUT2D eigenvalue weighted by Gasteiger charge is 2.46. The molecule has 126 valence electrons. The van der Waals surface area contributed by atoms with E-state index in [0.717, 1.165) is 50.7 Å². The summed E-state index contributed by atoms with van der Waals surface area (Å²) in [6.07, 6.45) is 12.9. The number of hydrogen-bond donors (Lipinski definition) is 0. The first-order chi connectivity index (χ1) is 11.2. The van der Waals surface area contributed by atoms with E-state index in [2.05, 4.69) is 34.9 Å². The zero-order valence-corrected chi connectivity index (χ0v) is 15.0. The largest absolute Gasteiger partial charge is 0.345 e. The zero-order chi connectivity index (χ0) is 15.9. The van der Waals surface area contributed by atoms with Gasteiger partial charge < -0.3 is 9.80 Å². The van der Waals surface area contributed by atoms with E-state index in [1.54, 1.807) is 4.91 Å². The van der Waals surface area contributed by atoms with Gasteiger partial charge in [0.15, 0.2) is 0 Å². The number of rotatable bonds is 3. The van der Waals surface area contributed by atoms with E-state index < -0.39 is 0 Å². The highest BCUT2D eigenvalue weighted by molar-refractivity contribution is 8.03. The van der Waals surface area contributed by atoms with Gasteiger partial charge in [0.05, 0.1) is 5.41 Å². The fraction of sp³-hybridized carbons (Fsp3) is 0.737. The third-order valence-electron chi connectivity index (χ3n) is 6.52. The number of hydrogen-bond acceptors (Lipinski definition) is 3. The molecule has 0 saturated carbocycles. The molecule has 4 aliphatic rings. The molecule has 1 amide bonds. The van der Waals surface area contributed by atoms with Crippen LogP contribution in [-0.4, -0.2) is 54.7 Å². The average molecular weight is 333 g/mol. The average Bonchev–Trinajstić information content (AvgIpc) is 3.16. The highest BCUT2D eigenvalue weighted by atomic mass is 32.2. The van der Waals surface area contributed by atoms with Gasteiger partial charge in [-0.15, -0.1) is 11.8 Å². The molecule has 0 bridgehead atoms. The third-order valence-corrected chi connectivity index (χ3v) is 7.73. The van der Waals surface area contributed by atoms with Gasteiger partial charge in [-0.2, -0.15) is 0 Å². The Labute approximate surface area is 144 Å². The molecule has 1 spiro atoms. The number of allylic oxidation sites excluding steroid dienone is 4. The molecule has 4 rings (SSSR count). The van der Waals surface area contributed by atoms with E-state index in [1.807, 2.05) is 11.9 Å². The van der Waals surface area contributed by atoms with Crippen molar-refractivity contribution < 1.29 is 4.79 Å². The van der Waals surface area contributed by atoms with E-state index in [0.29, 0.717) is 5.91 Å². The first-order valence-corrected chi connectivity index (χ1v) is 10.2. The molecule has 3 saturated heterocycles. The molecule has 0 radical (unpaired) electrons. The van der Waals surface area contributed by atoms with E-state index in [1.165, 1.54) is 25.1 Å². The van der Waals surface area contributed by atoms with Gasteiger partial charge in [-0.1, -0.05) is 18.2 Å². The number of nitrogens with zero attached hydrogens (tertiary/aromatic N) is 2. The standard InChI is InChI=1S/C19H28N2OS/c1-20-11-7-19(18(20)22)8-12-21(13-9-19)10-5-15-3-2-4-17-16(15)6-14-23-17/h2-4,15-16H,5-14H2,1H3. The summed E-state index contributed by atoms with van der Waals surface area (Å²) < 4.78 is 0. The van der Waals surface area contributed by atoms with Crippen LogP contribution in [0.4, 0.5) is 0 Å². The molecule has 3 heterocycles. The maximum Gasteiger partial charge on any atom is 0.228 e. The lowest BCUT2D eigenvalue weighted by Gasteiger charge is -2.38. The predicted octanol–water partition coefficient (Wildman–Crippen LogP) is 3.14. The molecule has 2 atom stereocenters. The smallest absolute Gasteiger partial charge is 0.228 e. The predicted molar refractivity (Wildman–Crippen MR) is 96.3 cm³/mol. The van der Waals surface area contributed by atoms with Crippen LogP contribution in [0.2, 0.25) is 0 Å². The van der Waals surface area contributed by atoms with Gasteiger partial charge in [0.2, 0.25) is 5.91 Å². The second-order valence-corrected chi connectivity index (χ2v) is 8.92. The third kappa shape index (κ3) is 2.89. The minimum atomic E-state index is -0.00596. The van der Waals surface area contributed by atoms with E-state index in [-0.39, 0.29) is 5.41 Å². The van der Waals surface area contributed by atoms with Crippen molar-refractivity contribution >= 4 is 17.7 Å². The van der Waals surface area contributed by atoms with Gasteiger partial charge in [0, 0.05) is 13.6 Å². The van der Waals surface area contributed by atoms with Crippen LogP contribution in [0, 0.1) is 17.3 Å². The Bertz CT molecular complexity index is 533. The number of fused-ring (bicyclic) bond motifs is 1. The second-order valence-electron chi connectivity index (χ2n) is 7.75. The lowest BCUT2D eigenvalue weighted by molar-refractivity contribution is -0.137.